The van der Waals surface area contributed by atoms with E-state index in [0.29, 0.717) is 6.04 Å². The minimum absolute atomic E-state index is 0.532. The third-order valence-electron chi connectivity index (χ3n) is 2.51. The third kappa shape index (κ3) is 2.76. The molecule has 0 bridgehead atoms. The van der Waals surface area contributed by atoms with Gasteiger partial charge in [-0.15, -0.1) is 0 Å². The van der Waals surface area contributed by atoms with Gasteiger partial charge in [0, 0.05) is 6.04 Å². The Bertz CT molecular complexity index is 259. The van der Waals surface area contributed by atoms with Crippen molar-refractivity contribution < 1.29 is 0 Å². The molecular weight excluding hydrogens is 174 g/mol. The van der Waals surface area contributed by atoms with Crippen molar-refractivity contribution in [2.45, 2.75) is 53.0 Å². The maximum atomic E-state index is 4.16. The summed E-state index contributed by atoms with van der Waals surface area (Å²) < 4.78 is 0. The van der Waals surface area contributed by atoms with Gasteiger partial charge in [-0.1, -0.05) is 19.8 Å². The Labute approximate surface area is 86.3 Å². The number of aromatic amines is 1. The standard InChI is InChI=1S/C11H21N3/c1-5-6-7-8(2)12-11-9(3)13-14-10(11)4/h8,12H,5-7H2,1-4H3,(H,13,14). The van der Waals surface area contributed by atoms with Gasteiger partial charge < -0.3 is 5.32 Å². The highest BCUT2D eigenvalue weighted by Gasteiger charge is 2.08. The van der Waals surface area contributed by atoms with Crippen molar-refractivity contribution in [2.75, 3.05) is 5.32 Å². The number of aryl methyl sites for hydroxylation is 2. The SMILES string of the molecule is CCCCC(C)Nc1c(C)n[nH]c1C. The van der Waals surface area contributed by atoms with E-state index in [9.17, 15) is 0 Å². The maximum absolute atomic E-state index is 4.16. The Morgan fingerprint density at radius 2 is 2.14 bits per heavy atom. The first kappa shape index (κ1) is 11.1. The summed E-state index contributed by atoms with van der Waals surface area (Å²) in [6, 6.07) is 0.532. The fraction of sp³-hybridized carbons (Fsp3) is 0.727. The van der Waals surface area contributed by atoms with Gasteiger partial charge in [-0.3, -0.25) is 5.10 Å². The van der Waals surface area contributed by atoms with Crippen LogP contribution in [0.4, 0.5) is 5.69 Å². The first-order valence-electron chi connectivity index (χ1n) is 5.43. The molecule has 1 heterocycles. The molecule has 1 atom stereocenters. The lowest BCUT2D eigenvalue weighted by Crippen LogP contribution is -2.15. The van der Waals surface area contributed by atoms with Crippen molar-refractivity contribution in [1.29, 1.82) is 0 Å². The van der Waals surface area contributed by atoms with Gasteiger partial charge in [-0.05, 0) is 27.2 Å². The highest BCUT2D eigenvalue weighted by Crippen LogP contribution is 2.18. The maximum Gasteiger partial charge on any atom is 0.0825 e. The van der Waals surface area contributed by atoms with E-state index in [4.69, 9.17) is 0 Å². The zero-order chi connectivity index (χ0) is 10.6. The van der Waals surface area contributed by atoms with Crippen LogP contribution in [0.5, 0.6) is 0 Å². The lowest BCUT2D eigenvalue weighted by Gasteiger charge is -2.14. The van der Waals surface area contributed by atoms with E-state index < -0.39 is 0 Å². The molecule has 2 N–H and O–H groups in total. The Hall–Kier alpha value is -0.990. The average molecular weight is 195 g/mol. The van der Waals surface area contributed by atoms with Crippen LogP contribution in [0.15, 0.2) is 0 Å². The zero-order valence-electron chi connectivity index (χ0n) is 9.65. The van der Waals surface area contributed by atoms with Gasteiger partial charge in [0.25, 0.3) is 0 Å². The molecule has 1 unspecified atom stereocenters. The Kier molecular flexibility index (Phi) is 3.98. The van der Waals surface area contributed by atoms with Crippen molar-refractivity contribution in [3.63, 3.8) is 0 Å². The topological polar surface area (TPSA) is 40.7 Å². The zero-order valence-corrected chi connectivity index (χ0v) is 9.65. The Morgan fingerprint density at radius 1 is 1.43 bits per heavy atom. The summed E-state index contributed by atoms with van der Waals surface area (Å²) in [5, 5.41) is 10.6. The number of anilines is 1. The fourth-order valence-corrected chi connectivity index (χ4v) is 1.59. The molecule has 0 saturated carbocycles. The molecule has 0 radical (unpaired) electrons. The number of nitrogens with one attached hydrogen (secondary N) is 2. The van der Waals surface area contributed by atoms with Crippen LogP contribution in [0, 0.1) is 13.8 Å². The summed E-state index contributed by atoms with van der Waals surface area (Å²) >= 11 is 0. The van der Waals surface area contributed by atoms with E-state index in [1.165, 1.54) is 24.9 Å². The molecule has 3 heteroatoms. The Balaban J connectivity index is 2.51. The number of H-pyrrole nitrogens is 1. The van der Waals surface area contributed by atoms with Gasteiger partial charge in [-0.25, -0.2) is 0 Å². The highest BCUT2D eigenvalue weighted by molar-refractivity contribution is 5.51. The average Bonchev–Trinajstić information content (AvgIpc) is 2.46. The van der Waals surface area contributed by atoms with Crippen molar-refractivity contribution in [1.82, 2.24) is 10.2 Å². The highest BCUT2D eigenvalue weighted by atomic mass is 15.2. The van der Waals surface area contributed by atoms with Crippen LogP contribution >= 0.6 is 0 Å². The molecule has 3 nitrogen and oxygen atoms in total. The normalized spacial score (nSPS) is 12.9. The molecule has 0 aliphatic rings. The summed E-state index contributed by atoms with van der Waals surface area (Å²) in [6.07, 6.45) is 3.76. The molecule has 0 aromatic carbocycles. The summed E-state index contributed by atoms with van der Waals surface area (Å²) in [5.41, 5.74) is 3.37. The summed E-state index contributed by atoms with van der Waals surface area (Å²) in [5.74, 6) is 0. The lowest BCUT2D eigenvalue weighted by molar-refractivity contribution is 0.644. The minimum Gasteiger partial charge on any atom is -0.380 e. The molecule has 0 aliphatic carbocycles. The van der Waals surface area contributed by atoms with Crippen LogP contribution in [-0.4, -0.2) is 16.2 Å². The van der Waals surface area contributed by atoms with Crippen molar-refractivity contribution in [3.05, 3.63) is 11.4 Å². The van der Waals surface area contributed by atoms with E-state index in [2.05, 4.69) is 36.3 Å². The number of rotatable bonds is 5. The van der Waals surface area contributed by atoms with Crippen LogP contribution in [0.1, 0.15) is 44.5 Å². The second kappa shape index (κ2) is 5.03. The molecule has 0 aliphatic heterocycles. The van der Waals surface area contributed by atoms with E-state index in [0.717, 1.165) is 11.4 Å². The van der Waals surface area contributed by atoms with Crippen molar-refractivity contribution in [3.8, 4) is 0 Å². The van der Waals surface area contributed by atoms with Crippen LogP contribution in [0.2, 0.25) is 0 Å². The molecule has 0 spiro atoms. The molecule has 1 rings (SSSR count). The summed E-state index contributed by atoms with van der Waals surface area (Å²) in [4.78, 5) is 0. The van der Waals surface area contributed by atoms with Gasteiger partial charge in [0.05, 0.1) is 17.1 Å². The van der Waals surface area contributed by atoms with Gasteiger partial charge in [0.15, 0.2) is 0 Å². The molecule has 14 heavy (non-hydrogen) atoms. The third-order valence-corrected chi connectivity index (χ3v) is 2.51. The van der Waals surface area contributed by atoms with Crippen molar-refractivity contribution in [2.24, 2.45) is 0 Å². The van der Waals surface area contributed by atoms with E-state index in [-0.39, 0.29) is 0 Å². The Morgan fingerprint density at radius 3 is 2.64 bits per heavy atom. The largest absolute Gasteiger partial charge is 0.380 e. The smallest absolute Gasteiger partial charge is 0.0825 e. The minimum atomic E-state index is 0.532. The number of aromatic nitrogens is 2. The van der Waals surface area contributed by atoms with Crippen LogP contribution < -0.4 is 5.32 Å². The molecule has 0 saturated heterocycles. The van der Waals surface area contributed by atoms with E-state index in [1.54, 1.807) is 0 Å². The second-order valence-electron chi connectivity index (χ2n) is 4.00. The molecular formula is C11H21N3. The number of hydrogen-bond acceptors (Lipinski definition) is 2. The quantitative estimate of drug-likeness (QED) is 0.758. The van der Waals surface area contributed by atoms with Gasteiger partial charge >= 0.3 is 0 Å². The molecule has 80 valence electrons. The monoisotopic (exact) mass is 195 g/mol. The van der Waals surface area contributed by atoms with Gasteiger partial charge in [0.2, 0.25) is 0 Å². The number of nitrogens with zero attached hydrogens (tertiary/aromatic N) is 1. The van der Waals surface area contributed by atoms with E-state index >= 15 is 0 Å². The lowest BCUT2D eigenvalue weighted by atomic mass is 10.1. The first-order valence-corrected chi connectivity index (χ1v) is 5.43. The van der Waals surface area contributed by atoms with Crippen molar-refractivity contribution >= 4 is 5.69 Å². The fourth-order valence-electron chi connectivity index (χ4n) is 1.59. The second-order valence-corrected chi connectivity index (χ2v) is 4.00. The molecule has 0 amide bonds. The number of hydrogen-bond donors (Lipinski definition) is 2. The predicted octanol–water partition coefficient (Wildman–Crippen LogP) is 3.02. The summed E-state index contributed by atoms with van der Waals surface area (Å²) in [6.45, 7) is 8.52. The number of unbranched alkanes of at least 4 members (excludes halogenated alkanes) is 1. The predicted molar refractivity (Wildman–Crippen MR) is 60.7 cm³/mol. The van der Waals surface area contributed by atoms with Gasteiger partial charge in [0.1, 0.15) is 0 Å². The molecule has 1 aromatic heterocycles. The van der Waals surface area contributed by atoms with Crippen LogP contribution in [0.3, 0.4) is 0 Å². The van der Waals surface area contributed by atoms with Gasteiger partial charge in [-0.2, -0.15) is 5.10 Å². The van der Waals surface area contributed by atoms with E-state index in [1.807, 2.05) is 6.92 Å². The van der Waals surface area contributed by atoms with Crippen LogP contribution in [0.25, 0.3) is 0 Å². The van der Waals surface area contributed by atoms with Crippen LogP contribution in [-0.2, 0) is 0 Å². The first-order chi connectivity index (χ1) is 6.65. The summed E-state index contributed by atoms with van der Waals surface area (Å²) in [7, 11) is 0. The molecule has 1 aromatic rings. The molecule has 0 fully saturated rings.